The van der Waals surface area contributed by atoms with Crippen molar-refractivity contribution in [2.24, 2.45) is 0 Å². The van der Waals surface area contributed by atoms with Crippen LogP contribution < -0.4 is 4.74 Å². The molecule has 0 amide bonds. The molecule has 2 heteroatoms. The number of hydrogen-bond donors (Lipinski definition) is 1. The first kappa shape index (κ1) is 12.4. The van der Waals surface area contributed by atoms with E-state index >= 15 is 0 Å². The minimum absolute atomic E-state index is 0.178. The van der Waals surface area contributed by atoms with Crippen molar-refractivity contribution < 1.29 is 9.84 Å². The molecule has 0 heterocycles. The van der Waals surface area contributed by atoms with Gasteiger partial charge in [-0.15, -0.1) is 0 Å². The van der Waals surface area contributed by atoms with Crippen molar-refractivity contribution in [2.45, 2.75) is 57.7 Å². The van der Waals surface area contributed by atoms with Gasteiger partial charge in [-0.05, 0) is 38.3 Å². The van der Waals surface area contributed by atoms with Gasteiger partial charge in [-0.2, -0.15) is 0 Å². The van der Waals surface area contributed by atoms with Gasteiger partial charge in [0.15, 0.2) is 0 Å². The highest BCUT2D eigenvalue weighted by Gasteiger charge is 2.26. The second-order valence-electron chi connectivity index (χ2n) is 5.16. The molecular formula is C15H22O2. The Bertz CT molecular complexity index is 360. The summed E-state index contributed by atoms with van der Waals surface area (Å²) in [5.74, 6) is 1.19. The first-order valence-electron chi connectivity index (χ1n) is 6.62. The molecule has 1 aliphatic carbocycles. The predicted molar refractivity (Wildman–Crippen MR) is 69.4 cm³/mol. The lowest BCUT2D eigenvalue weighted by Gasteiger charge is -2.29. The third kappa shape index (κ3) is 3.01. The van der Waals surface area contributed by atoms with Crippen molar-refractivity contribution in [1.29, 1.82) is 0 Å². The van der Waals surface area contributed by atoms with Crippen LogP contribution >= 0.6 is 0 Å². The molecule has 0 spiro atoms. The largest absolute Gasteiger partial charge is 0.491 e. The quantitative estimate of drug-likeness (QED) is 0.867. The van der Waals surface area contributed by atoms with Gasteiger partial charge in [0.2, 0.25) is 0 Å². The van der Waals surface area contributed by atoms with Crippen LogP contribution in [-0.4, -0.2) is 17.3 Å². The van der Waals surface area contributed by atoms with E-state index in [1.54, 1.807) is 0 Å². The summed E-state index contributed by atoms with van der Waals surface area (Å²) in [5.41, 5.74) is 1.17. The molecule has 1 fully saturated rings. The average molecular weight is 234 g/mol. The summed E-state index contributed by atoms with van der Waals surface area (Å²) in [5, 5.41) is 10.1. The minimum Gasteiger partial charge on any atom is -0.491 e. The average Bonchev–Trinajstić information content (AvgIpc) is 2.30. The molecule has 2 atom stereocenters. The van der Waals surface area contributed by atoms with E-state index < -0.39 is 0 Å². The fraction of sp³-hybridized carbons (Fsp3) is 0.600. The van der Waals surface area contributed by atoms with Crippen molar-refractivity contribution in [3.05, 3.63) is 29.8 Å². The van der Waals surface area contributed by atoms with Crippen LogP contribution in [0, 0.1) is 0 Å². The summed E-state index contributed by atoms with van der Waals surface area (Å²) in [6.07, 6.45) is 4.31. The van der Waals surface area contributed by atoms with Crippen LogP contribution in [0.25, 0.3) is 0 Å². The van der Waals surface area contributed by atoms with Crippen LogP contribution in [0.4, 0.5) is 0 Å². The molecule has 1 aliphatic rings. The fourth-order valence-corrected chi connectivity index (χ4v) is 2.62. The van der Waals surface area contributed by atoms with Crippen LogP contribution in [-0.2, 0) is 0 Å². The van der Waals surface area contributed by atoms with Crippen molar-refractivity contribution in [1.82, 2.24) is 0 Å². The molecule has 1 aromatic carbocycles. The molecule has 94 valence electrons. The Morgan fingerprint density at radius 2 is 1.88 bits per heavy atom. The Balaban J connectivity index is 2.23. The Labute approximate surface area is 104 Å². The molecule has 0 aromatic heterocycles. The van der Waals surface area contributed by atoms with Gasteiger partial charge in [0.25, 0.3) is 0 Å². The van der Waals surface area contributed by atoms with E-state index in [1.807, 2.05) is 32.0 Å². The maximum Gasteiger partial charge on any atom is 0.123 e. The van der Waals surface area contributed by atoms with Crippen LogP contribution in [0.3, 0.4) is 0 Å². The van der Waals surface area contributed by atoms with E-state index in [0.29, 0.717) is 0 Å². The third-order valence-electron chi connectivity index (χ3n) is 3.41. The highest BCUT2D eigenvalue weighted by Crippen LogP contribution is 2.37. The van der Waals surface area contributed by atoms with Gasteiger partial charge in [0.1, 0.15) is 5.75 Å². The minimum atomic E-state index is -0.208. The molecule has 17 heavy (non-hydrogen) atoms. The van der Waals surface area contributed by atoms with Crippen LogP contribution in [0.1, 0.15) is 51.0 Å². The lowest BCUT2D eigenvalue weighted by atomic mass is 9.81. The summed E-state index contributed by atoms with van der Waals surface area (Å²) in [7, 11) is 0. The summed E-state index contributed by atoms with van der Waals surface area (Å²) in [6.45, 7) is 4.07. The SMILES string of the molecule is CC(C)Oc1ccccc1[C@@H]1CCCC[C@H]1O. The van der Waals surface area contributed by atoms with E-state index in [9.17, 15) is 5.11 Å². The Hall–Kier alpha value is -1.02. The van der Waals surface area contributed by atoms with E-state index in [4.69, 9.17) is 4.74 Å². The Kier molecular flexibility index (Phi) is 4.06. The number of ether oxygens (including phenoxy) is 1. The number of hydrogen-bond acceptors (Lipinski definition) is 2. The summed E-state index contributed by atoms with van der Waals surface area (Å²) in [6, 6.07) is 8.13. The Morgan fingerprint density at radius 1 is 1.18 bits per heavy atom. The van der Waals surface area contributed by atoms with Crippen LogP contribution in [0.5, 0.6) is 5.75 Å². The van der Waals surface area contributed by atoms with Gasteiger partial charge in [0.05, 0.1) is 12.2 Å². The topological polar surface area (TPSA) is 29.5 Å². The van der Waals surface area contributed by atoms with Crippen LogP contribution in [0.2, 0.25) is 0 Å². The zero-order valence-corrected chi connectivity index (χ0v) is 10.7. The molecule has 0 unspecified atom stereocenters. The van der Waals surface area contributed by atoms with E-state index in [2.05, 4.69) is 6.07 Å². The van der Waals surface area contributed by atoms with Crippen molar-refractivity contribution in [3.63, 3.8) is 0 Å². The highest BCUT2D eigenvalue weighted by molar-refractivity contribution is 5.37. The molecule has 1 aromatic rings. The molecule has 2 nitrogen and oxygen atoms in total. The summed E-state index contributed by atoms with van der Waals surface area (Å²) < 4.78 is 5.84. The molecule has 2 rings (SSSR count). The first-order valence-corrected chi connectivity index (χ1v) is 6.62. The standard InChI is InChI=1S/C15H22O2/c1-11(2)17-15-10-6-4-8-13(15)12-7-3-5-9-14(12)16/h4,6,8,10-12,14,16H,3,5,7,9H2,1-2H3/t12-,14+/m0/s1. The van der Waals surface area contributed by atoms with Gasteiger partial charge >= 0.3 is 0 Å². The molecule has 0 radical (unpaired) electrons. The Morgan fingerprint density at radius 3 is 2.59 bits per heavy atom. The number of aliphatic hydroxyl groups excluding tert-OH is 1. The van der Waals surface area contributed by atoms with Gasteiger partial charge in [-0.25, -0.2) is 0 Å². The van der Waals surface area contributed by atoms with E-state index in [1.165, 1.54) is 12.0 Å². The number of para-hydroxylation sites is 1. The second kappa shape index (κ2) is 5.54. The summed E-state index contributed by atoms with van der Waals surface area (Å²) in [4.78, 5) is 0. The fourth-order valence-electron chi connectivity index (χ4n) is 2.62. The zero-order chi connectivity index (χ0) is 12.3. The first-order chi connectivity index (χ1) is 8.18. The zero-order valence-electron chi connectivity index (χ0n) is 10.7. The van der Waals surface area contributed by atoms with Gasteiger partial charge in [-0.3, -0.25) is 0 Å². The lowest BCUT2D eigenvalue weighted by Crippen LogP contribution is -2.23. The maximum absolute atomic E-state index is 10.1. The number of rotatable bonds is 3. The number of benzene rings is 1. The van der Waals surface area contributed by atoms with Gasteiger partial charge < -0.3 is 9.84 Å². The number of aliphatic hydroxyl groups is 1. The normalized spacial score (nSPS) is 24.9. The smallest absolute Gasteiger partial charge is 0.123 e. The maximum atomic E-state index is 10.1. The van der Waals surface area contributed by atoms with Gasteiger partial charge in [-0.1, -0.05) is 31.0 Å². The van der Waals surface area contributed by atoms with E-state index in [0.717, 1.165) is 25.0 Å². The lowest BCUT2D eigenvalue weighted by molar-refractivity contribution is 0.103. The molecule has 0 saturated heterocycles. The molecular weight excluding hydrogens is 212 g/mol. The monoisotopic (exact) mass is 234 g/mol. The van der Waals surface area contributed by atoms with Crippen LogP contribution in [0.15, 0.2) is 24.3 Å². The summed E-state index contributed by atoms with van der Waals surface area (Å²) >= 11 is 0. The molecule has 0 bridgehead atoms. The second-order valence-corrected chi connectivity index (χ2v) is 5.16. The molecule has 1 saturated carbocycles. The molecule has 0 aliphatic heterocycles. The van der Waals surface area contributed by atoms with Gasteiger partial charge in [0, 0.05) is 5.92 Å². The molecule has 1 N–H and O–H groups in total. The van der Waals surface area contributed by atoms with Crippen molar-refractivity contribution >= 4 is 0 Å². The van der Waals surface area contributed by atoms with E-state index in [-0.39, 0.29) is 18.1 Å². The predicted octanol–water partition coefficient (Wildman–Crippen LogP) is 3.49. The van der Waals surface area contributed by atoms with Crippen molar-refractivity contribution in [2.75, 3.05) is 0 Å². The third-order valence-corrected chi connectivity index (χ3v) is 3.41. The van der Waals surface area contributed by atoms with Crippen molar-refractivity contribution in [3.8, 4) is 5.75 Å². The highest BCUT2D eigenvalue weighted by atomic mass is 16.5.